The molecule has 0 bridgehead atoms. The number of benzene rings is 1. The van der Waals surface area contributed by atoms with E-state index in [1.54, 1.807) is 0 Å². The number of amides is 1. The van der Waals surface area contributed by atoms with Crippen molar-refractivity contribution in [3.05, 3.63) is 35.9 Å². The third-order valence-electron chi connectivity index (χ3n) is 5.16. The highest BCUT2D eigenvalue weighted by Crippen LogP contribution is 2.28. The van der Waals surface area contributed by atoms with Crippen molar-refractivity contribution in [2.75, 3.05) is 0 Å². The summed E-state index contributed by atoms with van der Waals surface area (Å²) in [5, 5.41) is 12.1. The van der Waals surface area contributed by atoms with Crippen LogP contribution < -0.4 is 5.32 Å². The van der Waals surface area contributed by atoms with E-state index >= 15 is 0 Å². The first kappa shape index (κ1) is 17.0. The third-order valence-corrected chi connectivity index (χ3v) is 5.16. The summed E-state index contributed by atoms with van der Waals surface area (Å²) in [6.07, 6.45) is 4.82. The minimum Gasteiger partial charge on any atom is -0.479 e. The molecule has 1 aromatic carbocycles. The van der Waals surface area contributed by atoms with Crippen LogP contribution in [-0.2, 0) is 20.7 Å². The van der Waals surface area contributed by atoms with Gasteiger partial charge in [0, 0.05) is 6.04 Å². The third kappa shape index (κ3) is 4.15. The van der Waals surface area contributed by atoms with Crippen LogP contribution in [0.2, 0.25) is 0 Å². The van der Waals surface area contributed by atoms with E-state index in [9.17, 15) is 9.59 Å². The molecule has 24 heavy (non-hydrogen) atoms. The normalized spacial score (nSPS) is 30.0. The summed E-state index contributed by atoms with van der Waals surface area (Å²) in [6, 6.07) is 10.5. The van der Waals surface area contributed by atoms with Crippen LogP contribution in [0.4, 0.5) is 0 Å². The predicted octanol–water partition coefficient (Wildman–Crippen LogP) is 2.54. The number of carboxylic acids is 1. The standard InChI is InChI=1S/C19H25NO4/c21-18(16-10-11-17(24-16)19(22)23)20-15-9-5-4-8-14(15)12-13-6-2-1-3-7-13/h1-3,6-7,14-17H,4-5,8-12H2,(H,20,21)(H,22,23)/t14?,15?,16-,17+/m0/s1. The highest BCUT2D eigenvalue weighted by Gasteiger charge is 2.36. The van der Waals surface area contributed by atoms with Crippen molar-refractivity contribution < 1.29 is 19.4 Å². The fourth-order valence-corrected chi connectivity index (χ4v) is 3.85. The Kier molecular flexibility index (Phi) is 5.51. The number of hydrogen-bond donors (Lipinski definition) is 2. The Morgan fingerprint density at radius 1 is 1.04 bits per heavy atom. The van der Waals surface area contributed by atoms with Crippen molar-refractivity contribution in [2.45, 2.75) is 63.2 Å². The van der Waals surface area contributed by atoms with Gasteiger partial charge in [-0.3, -0.25) is 4.79 Å². The van der Waals surface area contributed by atoms with Crippen molar-refractivity contribution in [1.29, 1.82) is 0 Å². The highest BCUT2D eigenvalue weighted by molar-refractivity contribution is 5.82. The molecular weight excluding hydrogens is 306 g/mol. The van der Waals surface area contributed by atoms with Crippen molar-refractivity contribution in [1.82, 2.24) is 5.32 Å². The molecule has 5 heteroatoms. The number of rotatable bonds is 5. The maximum atomic E-state index is 12.5. The Balaban J connectivity index is 1.57. The van der Waals surface area contributed by atoms with Crippen LogP contribution >= 0.6 is 0 Å². The van der Waals surface area contributed by atoms with Crippen LogP contribution in [0.15, 0.2) is 30.3 Å². The van der Waals surface area contributed by atoms with Crippen LogP contribution in [0.1, 0.15) is 44.1 Å². The molecule has 1 heterocycles. The van der Waals surface area contributed by atoms with E-state index in [0.29, 0.717) is 18.8 Å². The zero-order chi connectivity index (χ0) is 16.9. The Morgan fingerprint density at radius 2 is 1.75 bits per heavy atom. The maximum Gasteiger partial charge on any atom is 0.332 e. The van der Waals surface area contributed by atoms with Gasteiger partial charge in [0.15, 0.2) is 6.10 Å². The van der Waals surface area contributed by atoms with Crippen molar-refractivity contribution >= 4 is 11.9 Å². The van der Waals surface area contributed by atoms with Gasteiger partial charge < -0.3 is 15.2 Å². The molecule has 3 rings (SSSR count). The van der Waals surface area contributed by atoms with Gasteiger partial charge in [0.2, 0.25) is 5.91 Å². The summed E-state index contributed by atoms with van der Waals surface area (Å²) in [5.74, 6) is -0.699. The molecule has 1 saturated heterocycles. The van der Waals surface area contributed by atoms with Crippen LogP contribution in [-0.4, -0.2) is 35.2 Å². The molecule has 2 N–H and O–H groups in total. The predicted molar refractivity (Wildman–Crippen MR) is 89.6 cm³/mol. The van der Waals surface area contributed by atoms with Crippen LogP contribution in [0.25, 0.3) is 0 Å². The van der Waals surface area contributed by atoms with Crippen molar-refractivity contribution in [3.63, 3.8) is 0 Å². The SMILES string of the molecule is O=C(NC1CCCCC1Cc1ccccc1)[C@@H]1CC[C@H](C(=O)O)O1. The summed E-state index contributed by atoms with van der Waals surface area (Å²) >= 11 is 0. The van der Waals surface area contributed by atoms with Gasteiger partial charge in [-0.2, -0.15) is 0 Å². The lowest BCUT2D eigenvalue weighted by Crippen LogP contribution is -2.47. The average molecular weight is 331 g/mol. The number of carbonyl (C=O) groups excluding carboxylic acids is 1. The second kappa shape index (κ2) is 7.79. The summed E-state index contributed by atoms with van der Waals surface area (Å²) in [4.78, 5) is 23.4. The van der Waals surface area contributed by atoms with Gasteiger partial charge in [0.25, 0.3) is 0 Å². The second-order valence-corrected chi connectivity index (χ2v) is 6.88. The molecule has 1 saturated carbocycles. The van der Waals surface area contributed by atoms with Gasteiger partial charge in [0.1, 0.15) is 6.10 Å². The van der Waals surface area contributed by atoms with Crippen molar-refractivity contribution in [3.8, 4) is 0 Å². The number of nitrogens with one attached hydrogen (secondary N) is 1. The first-order valence-electron chi connectivity index (χ1n) is 8.86. The molecule has 1 amide bonds. The van der Waals surface area contributed by atoms with Gasteiger partial charge in [-0.25, -0.2) is 4.79 Å². The van der Waals surface area contributed by atoms with Crippen LogP contribution in [0, 0.1) is 5.92 Å². The number of aliphatic carboxylic acids is 1. The smallest absolute Gasteiger partial charge is 0.332 e. The molecule has 2 unspecified atom stereocenters. The second-order valence-electron chi connectivity index (χ2n) is 6.88. The van der Waals surface area contributed by atoms with Gasteiger partial charge in [-0.1, -0.05) is 43.2 Å². The molecule has 0 spiro atoms. The lowest BCUT2D eigenvalue weighted by atomic mass is 9.80. The Bertz CT molecular complexity index is 574. The molecule has 5 nitrogen and oxygen atoms in total. The number of carbonyl (C=O) groups is 2. The largest absolute Gasteiger partial charge is 0.479 e. The van der Waals surface area contributed by atoms with E-state index in [4.69, 9.17) is 9.84 Å². The van der Waals surface area contributed by atoms with Gasteiger partial charge in [-0.15, -0.1) is 0 Å². The zero-order valence-corrected chi connectivity index (χ0v) is 13.8. The van der Waals surface area contributed by atoms with Crippen molar-refractivity contribution in [2.24, 2.45) is 5.92 Å². The first-order valence-corrected chi connectivity index (χ1v) is 8.86. The molecular formula is C19H25NO4. The fourth-order valence-electron chi connectivity index (χ4n) is 3.85. The van der Waals surface area contributed by atoms with E-state index in [-0.39, 0.29) is 11.9 Å². The lowest BCUT2D eigenvalue weighted by Gasteiger charge is -2.33. The fraction of sp³-hybridized carbons (Fsp3) is 0.579. The summed E-state index contributed by atoms with van der Waals surface area (Å²) in [5.41, 5.74) is 1.30. The van der Waals surface area contributed by atoms with Gasteiger partial charge in [-0.05, 0) is 43.6 Å². The minimum absolute atomic E-state index is 0.149. The van der Waals surface area contributed by atoms with E-state index in [1.807, 2.05) is 18.2 Å². The monoisotopic (exact) mass is 331 g/mol. The Morgan fingerprint density at radius 3 is 2.46 bits per heavy atom. The molecule has 2 aliphatic rings. The Hall–Kier alpha value is -1.88. The molecule has 4 atom stereocenters. The molecule has 2 fully saturated rings. The topological polar surface area (TPSA) is 75.6 Å². The van der Waals surface area contributed by atoms with E-state index in [2.05, 4.69) is 17.4 Å². The summed E-state index contributed by atoms with van der Waals surface area (Å²) in [6.45, 7) is 0. The molecule has 130 valence electrons. The van der Waals surface area contributed by atoms with Crippen LogP contribution in [0.3, 0.4) is 0 Å². The first-order chi connectivity index (χ1) is 11.6. The van der Waals surface area contributed by atoms with E-state index in [0.717, 1.165) is 25.7 Å². The van der Waals surface area contributed by atoms with E-state index in [1.165, 1.54) is 12.0 Å². The molecule has 1 aliphatic carbocycles. The van der Waals surface area contributed by atoms with Gasteiger partial charge >= 0.3 is 5.97 Å². The van der Waals surface area contributed by atoms with Gasteiger partial charge in [0.05, 0.1) is 0 Å². The molecule has 0 radical (unpaired) electrons. The summed E-state index contributed by atoms with van der Waals surface area (Å²) in [7, 11) is 0. The number of ether oxygens (including phenoxy) is 1. The quantitative estimate of drug-likeness (QED) is 0.869. The average Bonchev–Trinajstić information content (AvgIpc) is 3.08. The number of hydrogen-bond acceptors (Lipinski definition) is 3. The lowest BCUT2D eigenvalue weighted by molar-refractivity contribution is -0.152. The van der Waals surface area contributed by atoms with Crippen LogP contribution in [0.5, 0.6) is 0 Å². The molecule has 1 aromatic rings. The summed E-state index contributed by atoms with van der Waals surface area (Å²) < 4.78 is 5.37. The molecule has 1 aliphatic heterocycles. The number of carboxylic acid groups (broad SMARTS) is 1. The Labute approximate surface area is 142 Å². The van der Waals surface area contributed by atoms with E-state index < -0.39 is 18.2 Å². The zero-order valence-electron chi connectivity index (χ0n) is 13.8. The minimum atomic E-state index is -0.982. The molecule has 0 aromatic heterocycles. The highest BCUT2D eigenvalue weighted by atomic mass is 16.5. The maximum absolute atomic E-state index is 12.5.